The highest BCUT2D eigenvalue weighted by Crippen LogP contribution is 2.42. The number of rotatable bonds is 4. The molecule has 0 bridgehead atoms. The number of benzene rings is 1. The minimum absolute atomic E-state index is 0.0365. The molecule has 1 aromatic carbocycles. The summed E-state index contributed by atoms with van der Waals surface area (Å²) in [6, 6.07) is 2.47. The summed E-state index contributed by atoms with van der Waals surface area (Å²) < 4.78 is 20.1. The van der Waals surface area contributed by atoms with Crippen LogP contribution in [0.4, 0.5) is 3.89 Å². The molecule has 2 aromatic rings. The molecule has 0 amide bonds. The van der Waals surface area contributed by atoms with E-state index in [1.807, 2.05) is 0 Å². The van der Waals surface area contributed by atoms with Gasteiger partial charge in [-0.05, 0) is 71.5 Å². The molecule has 0 atom stereocenters. The van der Waals surface area contributed by atoms with Crippen LogP contribution in [-0.2, 0) is 25.7 Å². The van der Waals surface area contributed by atoms with Crippen LogP contribution in [0.2, 0.25) is 0 Å². The number of ether oxygens (including phenoxy) is 1. The molecule has 8 heteroatoms. The molecular formula is C14H13ClFN3OS2. The third kappa shape index (κ3) is 2.39. The Kier molecular flexibility index (Phi) is 3.96. The van der Waals surface area contributed by atoms with Crippen LogP contribution in [-0.4, -0.2) is 14.2 Å². The van der Waals surface area contributed by atoms with Gasteiger partial charge in [0, 0.05) is 11.0 Å². The Morgan fingerprint density at radius 1 is 1.14 bits per heavy atom. The first kappa shape index (κ1) is 14.7. The third-order valence-corrected chi connectivity index (χ3v) is 5.37. The van der Waals surface area contributed by atoms with E-state index < -0.39 is 0 Å². The Hall–Kier alpha value is -0.920. The SMILES string of the molecule is FSn1nc(SCl)nc1Oc1c2c(cc3c1CCC3)CCC2. The molecule has 0 saturated heterocycles. The first-order chi connectivity index (χ1) is 10.8. The molecule has 116 valence electrons. The summed E-state index contributed by atoms with van der Waals surface area (Å²) in [7, 11) is 6.50. The van der Waals surface area contributed by atoms with E-state index in [4.69, 9.17) is 15.4 Å². The van der Waals surface area contributed by atoms with Gasteiger partial charge in [0.1, 0.15) is 5.75 Å². The monoisotopic (exact) mass is 357 g/mol. The maximum atomic E-state index is 13.0. The minimum Gasteiger partial charge on any atom is -0.423 e. The summed E-state index contributed by atoms with van der Waals surface area (Å²) in [6.45, 7) is 0. The van der Waals surface area contributed by atoms with Crippen LogP contribution in [0, 0.1) is 0 Å². The van der Waals surface area contributed by atoms with Gasteiger partial charge in [-0.3, -0.25) is 0 Å². The Balaban J connectivity index is 1.79. The van der Waals surface area contributed by atoms with Crippen molar-refractivity contribution in [2.75, 3.05) is 0 Å². The van der Waals surface area contributed by atoms with Crippen molar-refractivity contribution >= 4 is 34.0 Å². The van der Waals surface area contributed by atoms with Crippen molar-refractivity contribution in [3.8, 4) is 11.8 Å². The Morgan fingerprint density at radius 2 is 1.82 bits per heavy atom. The lowest BCUT2D eigenvalue weighted by Crippen LogP contribution is -2.01. The van der Waals surface area contributed by atoms with Gasteiger partial charge < -0.3 is 4.74 Å². The van der Waals surface area contributed by atoms with Crippen molar-refractivity contribution in [2.45, 2.75) is 43.7 Å². The predicted molar refractivity (Wildman–Crippen MR) is 86.4 cm³/mol. The van der Waals surface area contributed by atoms with Gasteiger partial charge in [0.2, 0.25) is 5.16 Å². The zero-order valence-corrected chi connectivity index (χ0v) is 14.0. The molecule has 1 aromatic heterocycles. The first-order valence-corrected chi connectivity index (χ1v) is 9.51. The molecule has 0 unspecified atom stereocenters. The van der Waals surface area contributed by atoms with Crippen LogP contribution in [0.1, 0.15) is 35.1 Å². The van der Waals surface area contributed by atoms with Crippen molar-refractivity contribution in [3.05, 3.63) is 28.3 Å². The van der Waals surface area contributed by atoms with Crippen molar-refractivity contribution in [2.24, 2.45) is 0 Å². The maximum Gasteiger partial charge on any atom is 0.334 e. The lowest BCUT2D eigenvalue weighted by Gasteiger charge is -2.14. The van der Waals surface area contributed by atoms with E-state index in [0.29, 0.717) is 0 Å². The van der Waals surface area contributed by atoms with Crippen LogP contribution >= 0.6 is 34.0 Å². The fourth-order valence-electron chi connectivity index (χ4n) is 3.39. The first-order valence-electron chi connectivity index (χ1n) is 7.19. The van der Waals surface area contributed by atoms with Gasteiger partial charge in [-0.15, -0.1) is 13.1 Å². The zero-order valence-electron chi connectivity index (χ0n) is 11.6. The highest BCUT2D eigenvalue weighted by atomic mass is 35.7. The van der Waals surface area contributed by atoms with Crippen LogP contribution in [0.15, 0.2) is 11.2 Å². The van der Waals surface area contributed by atoms with E-state index in [2.05, 4.69) is 16.1 Å². The fraction of sp³-hybridized carbons (Fsp3) is 0.429. The van der Waals surface area contributed by atoms with E-state index >= 15 is 0 Å². The van der Waals surface area contributed by atoms with E-state index in [9.17, 15) is 3.89 Å². The summed E-state index contributed by atoms with van der Waals surface area (Å²) in [4.78, 5) is 4.15. The maximum absolute atomic E-state index is 13.0. The summed E-state index contributed by atoms with van der Waals surface area (Å²) >= 11 is -0.0365. The van der Waals surface area contributed by atoms with Gasteiger partial charge in [0.05, 0.1) is 0 Å². The van der Waals surface area contributed by atoms with Gasteiger partial charge in [0.25, 0.3) is 0 Å². The summed E-state index contributed by atoms with van der Waals surface area (Å²) in [5.41, 5.74) is 5.22. The van der Waals surface area contributed by atoms with E-state index in [1.165, 1.54) is 22.3 Å². The molecular weight excluding hydrogens is 345 g/mol. The number of aryl methyl sites for hydroxylation is 2. The summed E-state index contributed by atoms with van der Waals surface area (Å²) in [5.74, 6) is 0.872. The third-order valence-electron chi connectivity index (χ3n) is 4.28. The molecule has 1 heterocycles. The molecule has 22 heavy (non-hydrogen) atoms. The van der Waals surface area contributed by atoms with Gasteiger partial charge in [0.15, 0.2) is 12.3 Å². The van der Waals surface area contributed by atoms with E-state index in [-0.39, 0.29) is 23.5 Å². The lowest BCUT2D eigenvalue weighted by atomic mass is 10.0. The molecule has 4 nitrogen and oxygen atoms in total. The van der Waals surface area contributed by atoms with Crippen molar-refractivity contribution in [1.29, 1.82) is 0 Å². The summed E-state index contributed by atoms with van der Waals surface area (Å²) in [6.07, 6.45) is 6.47. The van der Waals surface area contributed by atoms with Crippen LogP contribution in [0.3, 0.4) is 0 Å². The van der Waals surface area contributed by atoms with E-state index in [1.54, 1.807) is 0 Å². The normalized spacial score (nSPS) is 15.9. The van der Waals surface area contributed by atoms with Crippen LogP contribution in [0.5, 0.6) is 11.8 Å². The second kappa shape index (κ2) is 5.94. The van der Waals surface area contributed by atoms with Crippen LogP contribution in [0.25, 0.3) is 0 Å². The van der Waals surface area contributed by atoms with Gasteiger partial charge in [-0.2, -0.15) is 4.98 Å². The van der Waals surface area contributed by atoms with Gasteiger partial charge >= 0.3 is 6.01 Å². The fourth-order valence-corrected chi connectivity index (χ4v) is 4.10. The molecule has 0 aliphatic heterocycles. The molecule has 2 aliphatic rings. The molecule has 0 radical (unpaired) electrons. The molecule has 2 aliphatic carbocycles. The predicted octanol–water partition coefficient (Wildman–Crippen LogP) is 4.67. The number of hydrogen-bond acceptors (Lipinski definition) is 5. The van der Waals surface area contributed by atoms with Crippen molar-refractivity contribution in [1.82, 2.24) is 14.2 Å². The zero-order chi connectivity index (χ0) is 15.1. The number of halogens is 2. The highest BCUT2D eigenvalue weighted by molar-refractivity contribution is 8.21. The van der Waals surface area contributed by atoms with Crippen molar-refractivity contribution in [3.63, 3.8) is 0 Å². The average Bonchev–Trinajstić information content (AvgIpc) is 3.25. The number of fused-ring (bicyclic) bond motifs is 2. The quantitative estimate of drug-likeness (QED) is 0.794. The van der Waals surface area contributed by atoms with Crippen LogP contribution < -0.4 is 4.74 Å². The second-order valence-corrected chi connectivity index (χ2v) is 6.95. The second-order valence-electron chi connectivity index (χ2n) is 5.49. The molecule has 0 fully saturated rings. The number of hydrogen-bond donors (Lipinski definition) is 0. The highest BCUT2D eigenvalue weighted by Gasteiger charge is 2.27. The smallest absolute Gasteiger partial charge is 0.334 e. The molecule has 0 spiro atoms. The average molecular weight is 358 g/mol. The van der Waals surface area contributed by atoms with Gasteiger partial charge in [-0.1, -0.05) is 6.07 Å². The van der Waals surface area contributed by atoms with Crippen molar-refractivity contribution < 1.29 is 8.62 Å². The lowest BCUT2D eigenvalue weighted by molar-refractivity contribution is 0.427. The molecule has 4 rings (SSSR count). The number of aromatic nitrogens is 3. The minimum atomic E-state index is -0.0365. The summed E-state index contributed by atoms with van der Waals surface area (Å²) in [5, 5.41) is 4.21. The Bertz CT molecular complexity index is 705. The largest absolute Gasteiger partial charge is 0.423 e. The van der Waals surface area contributed by atoms with Gasteiger partial charge in [-0.25, -0.2) is 0 Å². The standard InChI is InChI=1S/C14H13ClFN3OS2/c15-21-13-17-14(19(18-13)22-16)20-12-10-5-1-3-8(10)7-9-4-2-6-11(9)12/h7H,1-6H2. The molecule has 0 N–H and O–H groups in total. The Morgan fingerprint density at radius 3 is 2.41 bits per heavy atom. The molecule has 0 saturated carbocycles. The number of nitrogens with zero attached hydrogens (tertiary/aromatic N) is 3. The topological polar surface area (TPSA) is 39.9 Å². The Labute approximate surface area is 140 Å². The van der Waals surface area contributed by atoms with E-state index in [0.717, 1.165) is 59.3 Å².